The number of nitrogens with zero attached hydrogens (tertiary/aromatic N) is 4. The number of furan rings is 1. The molecule has 0 saturated carbocycles. The third kappa shape index (κ3) is 2.82. The predicted octanol–water partition coefficient (Wildman–Crippen LogP) is 3.50. The van der Waals surface area contributed by atoms with Crippen molar-refractivity contribution < 1.29 is 14.1 Å². The molecule has 1 N–H and O–H groups in total. The molecular weight excluding hydrogens is 374 g/mol. The first-order valence-electron chi connectivity index (χ1n) is 9.25. The minimum atomic E-state index is -0.563. The van der Waals surface area contributed by atoms with Gasteiger partial charge in [0.2, 0.25) is 5.95 Å². The highest BCUT2D eigenvalue weighted by Crippen LogP contribution is 2.44. The SMILES string of the molecule is Cc1nc2n(n1)C(c1cccc([N+](=O)[O-])c1)C1=C(CC(c3ccco3)CC1=O)N2. The molecule has 0 fully saturated rings. The zero-order valence-corrected chi connectivity index (χ0v) is 15.5. The molecule has 2 aliphatic rings. The van der Waals surface area contributed by atoms with E-state index in [9.17, 15) is 14.9 Å². The Kier molecular flexibility index (Phi) is 3.83. The second-order valence-corrected chi connectivity index (χ2v) is 7.24. The Labute approximate surface area is 165 Å². The van der Waals surface area contributed by atoms with Gasteiger partial charge in [0, 0.05) is 35.7 Å². The van der Waals surface area contributed by atoms with Gasteiger partial charge in [0.25, 0.3) is 5.69 Å². The number of aryl methyl sites for hydroxylation is 1. The Morgan fingerprint density at radius 1 is 1.28 bits per heavy atom. The number of nitro groups is 1. The highest BCUT2D eigenvalue weighted by atomic mass is 16.6. The molecule has 29 heavy (non-hydrogen) atoms. The van der Waals surface area contributed by atoms with Crippen molar-refractivity contribution in [2.45, 2.75) is 31.7 Å². The molecule has 2 unspecified atom stereocenters. The van der Waals surface area contributed by atoms with Crippen molar-refractivity contribution in [2.24, 2.45) is 0 Å². The first kappa shape index (κ1) is 17.4. The summed E-state index contributed by atoms with van der Waals surface area (Å²) in [6, 6.07) is 9.45. The maximum Gasteiger partial charge on any atom is 0.269 e. The number of benzene rings is 1. The van der Waals surface area contributed by atoms with Crippen LogP contribution in [0.25, 0.3) is 0 Å². The molecule has 0 saturated heterocycles. The van der Waals surface area contributed by atoms with Crippen LogP contribution in [-0.2, 0) is 4.79 Å². The fraction of sp³-hybridized carbons (Fsp3) is 0.250. The second kappa shape index (κ2) is 6.40. The number of nitro benzene ring substituents is 1. The Morgan fingerprint density at radius 3 is 2.90 bits per heavy atom. The highest BCUT2D eigenvalue weighted by Gasteiger charge is 2.40. The number of aromatic nitrogens is 3. The lowest BCUT2D eigenvalue weighted by Gasteiger charge is -2.34. The van der Waals surface area contributed by atoms with Crippen molar-refractivity contribution >= 4 is 17.4 Å². The van der Waals surface area contributed by atoms with Crippen molar-refractivity contribution in [1.29, 1.82) is 0 Å². The lowest BCUT2D eigenvalue weighted by Crippen LogP contribution is -2.33. The largest absolute Gasteiger partial charge is 0.469 e. The molecule has 5 rings (SSSR count). The van der Waals surface area contributed by atoms with E-state index >= 15 is 0 Å². The van der Waals surface area contributed by atoms with Crippen LogP contribution < -0.4 is 5.32 Å². The smallest absolute Gasteiger partial charge is 0.269 e. The Bertz CT molecular complexity index is 1160. The van der Waals surface area contributed by atoms with Crippen LogP contribution in [0, 0.1) is 17.0 Å². The van der Waals surface area contributed by atoms with E-state index in [0.29, 0.717) is 35.8 Å². The standard InChI is InChI=1S/C20H17N5O4/c1-11-21-20-22-15-9-13(17-6-3-7-29-17)10-16(26)18(15)19(24(20)23-11)12-4-2-5-14(8-12)25(27)28/h2-8,13,19H,9-10H2,1H3,(H,21,22,23). The molecule has 2 atom stereocenters. The topological polar surface area (TPSA) is 116 Å². The van der Waals surface area contributed by atoms with Crippen molar-refractivity contribution in [3.63, 3.8) is 0 Å². The van der Waals surface area contributed by atoms with Gasteiger partial charge in [-0.25, -0.2) is 4.68 Å². The number of rotatable bonds is 3. The summed E-state index contributed by atoms with van der Waals surface area (Å²) in [6.45, 7) is 1.77. The van der Waals surface area contributed by atoms with Gasteiger partial charge in [-0.1, -0.05) is 12.1 Å². The molecule has 3 aromatic rings. The summed E-state index contributed by atoms with van der Waals surface area (Å²) in [6.07, 6.45) is 2.50. The van der Waals surface area contributed by atoms with Crippen LogP contribution in [0.4, 0.5) is 11.6 Å². The quantitative estimate of drug-likeness (QED) is 0.536. The molecule has 1 aromatic carbocycles. The van der Waals surface area contributed by atoms with Gasteiger partial charge in [-0.2, -0.15) is 10.1 Å². The van der Waals surface area contributed by atoms with Crippen molar-refractivity contribution in [3.8, 4) is 0 Å². The first-order chi connectivity index (χ1) is 14.0. The van der Waals surface area contributed by atoms with E-state index in [1.807, 2.05) is 12.1 Å². The summed E-state index contributed by atoms with van der Waals surface area (Å²) >= 11 is 0. The highest BCUT2D eigenvalue weighted by molar-refractivity contribution is 6.00. The summed E-state index contributed by atoms with van der Waals surface area (Å²) < 4.78 is 7.15. The molecule has 1 aliphatic heterocycles. The van der Waals surface area contributed by atoms with Crippen LogP contribution in [-0.4, -0.2) is 25.5 Å². The van der Waals surface area contributed by atoms with E-state index in [0.717, 1.165) is 11.5 Å². The van der Waals surface area contributed by atoms with Gasteiger partial charge in [-0.15, -0.1) is 0 Å². The summed E-state index contributed by atoms with van der Waals surface area (Å²) in [4.78, 5) is 28.5. The summed E-state index contributed by atoms with van der Waals surface area (Å²) in [7, 11) is 0. The number of hydrogen-bond donors (Lipinski definition) is 1. The van der Waals surface area contributed by atoms with Crippen molar-refractivity contribution in [1.82, 2.24) is 14.8 Å². The Hall–Kier alpha value is -3.75. The fourth-order valence-corrected chi connectivity index (χ4v) is 4.16. The lowest BCUT2D eigenvalue weighted by molar-refractivity contribution is -0.384. The van der Waals surface area contributed by atoms with Gasteiger partial charge in [-0.3, -0.25) is 14.9 Å². The van der Waals surface area contributed by atoms with Gasteiger partial charge in [0.15, 0.2) is 5.78 Å². The summed E-state index contributed by atoms with van der Waals surface area (Å²) in [5.41, 5.74) is 1.94. The molecule has 146 valence electrons. The summed E-state index contributed by atoms with van der Waals surface area (Å²) in [5.74, 6) is 1.74. The predicted molar refractivity (Wildman–Crippen MR) is 102 cm³/mol. The van der Waals surface area contributed by atoms with E-state index in [1.54, 1.807) is 30.0 Å². The molecule has 1 aliphatic carbocycles. The number of allylic oxidation sites excluding steroid dienone is 2. The summed E-state index contributed by atoms with van der Waals surface area (Å²) in [5, 5.41) is 19.0. The van der Waals surface area contributed by atoms with Crippen LogP contribution in [0.3, 0.4) is 0 Å². The Morgan fingerprint density at radius 2 is 2.14 bits per heavy atom. The van der Waals surface area contributed by atoms with Gasteiger partial charge in [0.05, 0.1) is 11.2 Å². The fourth-order valence-electron chi connectivity index (χ4n) is 4.16. The molecule has 0 radical (unpaired) electrons. The van der Waals surface area contributed by atoms with Gasteiger partial charge < -0.3 is 9.73 Å². The van der Waals surface area contributed by atoms with Gasteiger partial charge >= 0.3 is 0 Å². The van der Waals surface area contributed by atoms with E-state index < -0.39 is 11.0 Å². The number of anilines is 1. The number of carbonyl (C=O) groups is 1. The van der Waals surface area contributed by atoms with E-state index in [4.69, 9.17) is 4.42 Å². The molecule has 0 bridgehead atoms. The van der Waals surface area contributed by atoms with Crippen LogP contribution in [0.2, 0.25) is 0 Å². The Balaban J connectivity index is 1.65. The number of nitrogens with one attached hydrogen (secondary N) is 1. The third-order valence-electron chi connectivity index (χ3n) is 5.37. The van der Waals surface area contributed by atoms with Gasteiger partial charge in [-0.05, 0) is 31.0 Å². The van der Waals surface area contributed by atoms with E-state index in [2.05, 4.69) is 15.4 Å². The second-order valence-electron chi connectivity index (χ2n) is 7.24. The van der Waals surface area contributed by atoms with E-state index in [-0.39, 0.29) is 17.4 Å². The molecule has 0 spiro atoms. The number of non-ortho nitro benzene ring substituents is 1. The molecule has 9 nitrogen and oxygen atoms in total. The molecule has 9 heteroatoms. The zero-order valence-electron chi connectivity index (χ0n) is 15.5. The van der Waals surface area contributed by atoms with Crippen molar-refractivity contribution in [2.75, 3.05) is 5.32 Å². The molecular formula is C20H17N5O4. The molecule has 0 amide bonds. The maximum absolute atomic E-state index is 13.2. The third-order valence-corrected chi connectivity index (χ3v) is 5.37. The normalized spacial score (nSPS) is 20.8. The average Bonchev–Trinajstić information content (AvgIpc) is 3.35. The van der Waals surface area contributed by atoms with E-state index in [1.165, 1.54) is 12.1 Å². The number of Topliss-reactive ketones (excluding diaryl/α,β-unsaturated/α-hetero) is 1. The molecule has 3 heterocycles. The number of hydrogen-bond acceptors (Lipinski definition) is 7. The minimum Gasteiger partial charge on any atom is -0.469 e. The first-order valence-corrected chi connectivity index (χ1v) is 9.25. The van der Waals surface area contributed by atoms with Crippen LogP contribution in [0.5, 0.6) is 0 Å². The maximum atomic E-state index is 13.2. The number of fused-ring (bicyclic) bond motifs is 1. The number of ketones is 1. The zero-order chi connectivity index (χ0) is 20.1. The minimum absolute atomic E-state index is 0.0294. The molecule has 2 aromatic heterocycles. The lowest BCUT2D eigenvalue weighted by atomic mass is 9.79. The monoisotopic (exact) mass is 391 g/mol. The van der Waals surface area contributed by atoms with Crippen molar-refractivity contribution in [3.05, 3.63) is 81.2 Å². The van der Waals surface area contributed by atoms with Crippen LogP contribution in [0.15, 0.2) is 58.3 Å². The van der Waals surface area contributed by atoms with Crippen LogP contribution in [0.1, 0.15) is 41.9 Å². The van der Waals surface area contributed by atoms with Gasteiger partial charge in [0.1, 0.15) is 17.6 Å². The number of carbonyl (C=O) groups excluding carboxylic acids is 1. The average molecular weight is 391 g/mol. The van der Waals surface area contributed by atoms with Crippen LogP contribution >= 0.6 is 0 Å².